The highest BCUT2D eigenvalue weighted by atomic mass is 19.4. The summed E-state index contributed by atoms with van der Waals surface area (Å²) in [6.07, 6.45) is 5.13. The zero-order valence-corrected chi connectivity index (χ0v) is 17.1. The fourth-order valence-electron chi connectivity index (χ4n) is 3.56. The maximum atomic E-state index is 12.3. The number of hydrogen-bond donors (Lipinski definition) is 2. The molecule has 1 saturated heterocycles. The maximum Gasteiger partial charge on any atom is 0.573 e. The molecule has 7 nitrogen and oxygen atoms in total. The summed E-state index contributed by atoms with van der Waals surface area (Å²) in [5.41, 5.74) is 2.60. The minimum atomic E-state index is -4.75. The Labute approximate surface area is 182 Å². The van der Waals surface area contributed by atoms with Gasteiger partial charge in [0.2, 0.25) is 0 Å². The Balaban J connectivity index is 1.57. The Morgan fingerprint density at radius 2 is 1.69 bits per heavy atom. The van der Waals surface area contributed by atoms with Crippen LogP contribution in [0.2, 0.25) is 0 Å². The van der Waals surface area contributed by atoms with Gasteiger partial charge in [-0.1, -0.05) is 0 Å². The zero-order valence-electron chi connectivity index (χ0n) is 17.1. The maximum absolute atomic E-state index is 12.3. The van der Waals surface area contributed by atoms with Gasteiger partial charge in [0, 0.05) is 54.1 Å². The number of anilines is 2. The quantitative estimate of drug-likeness (QED) is 0.433. The summed E-state index contributed by atoms with van der Waals surface area (Å²) in [5.74, 6) is 0.559. The summed E-state index contributed by atoms with van der Waals surface area (Å²) in [5, 5.41) is 11.3. The van der Waals surface area contributed by atoms with Crippen molar-refractivity contribution in [1.82, 2.24) is 15.0 Å². The molecule has 1 aliphatic rings. The normalized spacial score (nSPS) is 14.2. The molecule has 0 saturated carbocycles. The number of amidine groups is 1. The molecule has 0 atom stereocenters. The number of rotatable bonds is 5. The summed E-state index contributed by atoms with van der Waals surface area (Å²) in [4.78, 5) is 15.1. The molecule has 0 unspecified atom stereocenters. The van der Waals surface area contributed by atoms with Gasteiger partial charge in [-0.2, -0.15) is 0 Å². The average molecular weight is 442 g/mol. The van der Waals surface area contributed by atoms with Gasteiger partial charge < -0.3 is 15.0 Å². The van der Waals surface area contributed by atoms with Crippen molar-refractivity contribution in [3.8, 4) is 16.9 Å². The molecule has 2 aromatic heterocycles. The summed E-state index contributed by atoms with van der Waals surface area (Å²) < 4.78 is 40.9. The first-order chi connectivity index (χ1) is 15.4. The highest BCUT2D eigenvalue weighted by Crippen LogP contribution is 2.31. The molecule has 0 bridgehead atoms. The van der Waals surface area contributed by atoms with Crippen molar-refractivity contribution in [1.29, 1.82) is 5.41 Å². The molecule has 2 N–H and O–H groups in total. The second kappa shape index (κ2) is 9.21. The molecular formula is C22H21F3N6O. The number of benzene rings is 1. The Bertz CT molecular complexity index is 1070. The molecule has 0 spiro atoms. The number of aromatic nitrogens is 3. The van der Waals surface area contributed by atoms with E-state index in [2.05, 4.69) is 29.9 Å². The predicted octanol–water partition coefficient (Wildman–Crippen LogP) is 4.86. The van der Waals surface area contributed by atoms with E-state index in [4.69, 9.17) is 5.41 Å². The van der Waals surface area contributed by atoms with E-state index in [9.17, 15) is 13.2 Å². The average Bonchev–Trinajstić information content (AvgIpc) is 2.80. The van der Waals surface area contributed by atoms with Gasteiger partial charge in [-0.3, -0.25) is 5.41 Å². The van der Waals surface area contributed by atoms with Gasteiger partial charge in [-0.25, -0.2) is 15.0 Å². The smallest absolute Gasteiger partial charge is 0.406 e. The number of hydrogen-bond acceptors (Lipinski definition) is 6. The molecular weight excluding hydrogens is 421 g/mol. The lowest BCUT2D eigenvalue weighted by Crippen LogP contribution is -2.30. The molecule has 32 heavy (non-hydrogen) atoms. The molecule has 10 heteroatoms. The lowest BCUT2D eigenvalue weighted by atomic mass is 10.0. The second-order valence-electron chi connectivity index (χ2n) is 7.34. The van der Waals surface area contributed by atoms with Crippen molar-refractivity contribution in [2.75, 3.05) is 23.3 Å². The van der Waals surface area contributed by atoms with Crippen LogP contribution in [0.3, 0.4) is 0 Å². The number of alkyl halides is 3. The summed E-state index contributed by atoms with van der Waals surface area (Å²) in [6.45, 7) is 1.82. The number of piperidine rings is 1. The van der Waals surface area contributed by atoms with Gasteiger partial charge in [-0.15, -0.1) is 13.2 Å². The third-order valence-corrected chi connectivity index (χ3v) is 5.04. The third-order valence-electron chi connectivity index (χ3n) is 5.04. The van der Waals surface area contributed by atoms with Crippen LogP contribution in [-0.4, -0.2) is 40.2 Å². The molecule has 4 rings (SSSR count). The summed E-state index contributed by atoms with van der Waals surface area (Å²) in [7, 11) is 0. The lowest BCUT2D eigenvalue weighted by molar-refractivity contribution is -0.274. The first kappa shape index (κ1) is 21.5. The number of pyridine rings is 1. The van der Waals surface area contributed by atoms with E-state index in [1.807, 2.05) is 6.07 Å². The molecule has 166 valence electrons. The van der Waals surface area contributed by atoms with Crippen molar-refractivity contribution in [2.45, 2.75) is 25.6 Å². The minimum Gasteiger partial charge on any atom is -0.406 e. The van der Waals surface area contributed by atoms with E-state index in [0.29, 0.717) is 11.3 Å². The minimum absolute atomic E-state index is 0.0604. The van der Waals surface area contributed by atoms with Gasteiger partial charge in [-0.05, 0) is 49.6 Å². The van der Waals surface area contributed by atoms with Crippen LogP contribution < -0.4 is 15.0 Å². The van der Waals surface area contributed by atoms with E-state index in [0.717, 1.165) is 42.9 Å². The van der Waals surface area contributed by atoms with Crippen LogP contribution in [0, 0.1) is 5.41 Å². The molecule has 0 amide bonds. The first-order valence-corrected chi connectivity index (χ1v) is 10.1. The second-order valence-corrected chi connectivity index (χ2v) is 7.34. The molecule has 3 aromatic rings. The Morgan fingerprint density at radius 1 is 1.00 bits per heavy atom. The zero-order chi connectivity index (χ0) is 22.6. The monoisotopic (exact) mass is 442 g/mol. The van der Waals surface area contributed by atoms with Crippen molar-refractivity contribution < 1.29 is 17.9 Å². The van der Waals surface area contributed by atoms with E-state index in [1.54, 1.807) is 18.6 Å². The van der Waals surface area contributed by atoms with Crippen LogP contribution in [0.1, 0.15) is 24.8 Å². The van der Waals surface area contributed by atoms with Crippen LogP contribution in [0.15, 0.2) is 55.2 Å². The van der Waals surface area contributed by atoms with Gasteiger partial charge >= 0.3 is 6.36 Å². The van der Waals surface area contributed by atoms with Gasteiger partial charge in [0.25, 0.3) is 0 Å². The number of ether oxygens (including phenoxy) is 1. The van der Waals surface area contributed by atoms with Gasteiger partial charge in [0.1, 0.15) is 23.7 Å². The standard InChI is InChI=1S/C22H21F3N6O/c23-22(24,25)32-18-6-4-17(5-7-18)30-20(26)15-10-19(16-11-27-14-28-12-16)21(29-13-15)31-8-2-1-3-9-31/h4-7,10-14H,1-3,8-9H2,(H2,26,30). The van der Waals surface area contributed by atoms with Crippen LogP contribution in [0.25, 0.3) is 11.1 Å². The molecule has 3 heterocycles. The molecule has 1 aromatic carbocycles. The lowest BCUT2D eigenvalue weighted by Gasteiger charge is -2.29. The topological polar surface area (TPSA) is 87.0 Å². The van der Waals surface area contributed by atoms with Crippen LogP contribution in [0.5, 0.6) is 5.75 Å². The van der Waals surface area contributed by atoms with Crippen LogP contribution in [0.4, 0.5) is 24.7 Å². The SMILES string of the molecule is N=C(Nc1ccc(OC(F)(F)F)cc1)c1cnc(N2CCCCC2)c(-c2cncnc2)c1. The first-order valence-electron chi connectivity index (χ1n) is 10.1. The molecule has 1 fully saturated rings. The van der Waals surface area contributed by atoms with Gasteiger partial charge in [0.15, 0.2) is 0 Å². The summed E-state index contributed by atoms with van der Waals surface area (Å²) in [6, 6.07) is 7.06. The molecule has 1 aliphatic heterocycles. The van der Waals surface area contributed by atoms with E-state index < -0.39 is 6.36 Å². The highest BCUT2D eigenvalue weighted by molar-refractivity contribution is 6.07. The Kier molecular flexibility index (Phi) is 6.20. The van der Waals surface area contributed by atoms with Crippen molar-refractivity contribution in [3.63, 3.8) is 0 Å². The Hall–Kier alpha value is -3.69. The van der Waals surface area contributed by atoms with Crippen molar-refractivity contribution in [2.24, 2.45) is 0 Å². The highest BCUT2D eigenvalue weighted by Gasteiger charge is 2.31. The largest absolute Gasteiger partial charge is 0.573 e. The summed E-state index contributed by atoms with van der Waals surface area (Å²) >= 11 is 0. The fourth-order valence-corrected chi connectivity index (χ4v) is 3.56. The van der Waals surface area contributed by atoms with E-state index in [-0.39, 0.29) is 11.6 Å². The van der Waals surface area contributed by atoms with Crippen LogP contribution >= 0.6 is 0 Å². The van der Waals surface area contributed by atoms with E-state index in [1.165, 1.54) is 37.0 Å². The van der Waals surface area contributed by atoms with Gasteiger partial charge in [0.05, 0.1) is 0 Å². The Morgan fingerprint density at radius 3 is 2.34 bits per heavy atom. The predicted molar refractivity (Wildman–Crippen MR) is 115 cm³/mol. The number of nitrogens with zero attached hydrogens (tertiary/aromatic N) is 4. The number of halogens is 3. The fraction of sp³-hybridized carbons (Fsp3) is 0.273. The van der Waals surface area contributed by atoms with Crippen molar-refractivity contribution in [3.05, 3.63) is 60.8 Å². The molecule has 0 aliphatic carbocycles. The number of nitrogens with one attached hydrogen (secondary N) is 2. The molecule has 0 radical (unpaired) electrons. The van der Waals surface area contributed by atoms with E-state index >= 15 is 0 Å². The third kappa shape index (κ3) is 5.32. The van der Waals surface area contributed by atoms with Crippen molar-refractivity contribution >= 4 is 17.3 Å². The van der Waals surface area contributed by atoms with Crippen LogP contribution in [-0.2, 0) is 0 Å².